The number of rotatable bonds is 5. The van der Waals surface area contributed by atoms with E-state index in [2.05, 4.69) is 19.9 Å². The third-order valence-electron chi connectivity index (χ3n) is 3.91. The molecule has 8 heteroatoms. The van der Waals surface area contributed by atoms with E-state index >= 15 is 0 Å². The number of carbonyl (C=O) groups excluding carboxylic acids is 1. The number of anilines is 1. The van der Waals surface area contributed by atoms with Crippen LogP contribution in [0.25, 0.3) is 10.8 Å². The van der Waals surface area contributed by atoms with Crippen LogP contribution in [0.5, 0.6) is 0 Å². The Morgan fingerprint density at radius 1 is 0.964 bits per heavy atom. The van der Waals surface area contributed by atoms with Crippen molar-refractivity contribution in [2.24, 2.45) is 0 Å². The number of halogens is 1. The van der Waals surface area contributed by atoms with Gasteiger partial charge in [-0.2, -0.15) is 0 Å². The van der Waals surface area contributed by atoms with Gasteiger partial charge in [0, 0.05) is 34.7 Å². The van der Waals surface area contributed by atoms with E-state index in [1.807, 2.05) is 18.2 Å². The molecule has 1 aromatic carbocycles. The smallest absolute Gasteiger partial charge is 0.278 e. The quantitative estimate of drug-likeness (QED) is 0.487. The van der Waals surface area contributed by atoms with Crippen molar-refractivity contribution in [2.75, 3.05) is 4.90 Å². The van der Waals surface area contributed by atoms with Crippen LogP contribution < -0.4 is 4.90 Å². The molecule has 0 N–H and O–H groups in total. The van der Waals surface area contributed by atoms with E-state index in [1.54, 1.807) is 59.2 Å². The second-order valence-electron chi connectivity index (χ2n) is 5.80. The summed E-state index contributed by atoms with van der Waals surface area (Å²) < 4.78 is 0. The highest BCUT2D eigenvalue weighted by molar-refractivity contribution is 7.13. The van der Waals surface area contributed by atoms with E-state index < -0.39 is 0 Å². The lowest BCUT2D eigenvalue weighted by molar-refractivity contribution is 0.0981. The van der Waals surface area contributed by atoms with Gasteiger partial charge in [-0.05, 0) is 42.5 Å². The third kappa shape index (κ3) is 4.05. The van der Waals surface area contributed by atoms with E-state index in [1.165, 1.54) is 11.3 Å². The van der Waals surface area contributed by atoms with Gasteiger partial charge in [0.25, 0.3) is 5.91 Å². The number of pyridine rings is 1. The van der Waals surface area contributed by atoms with Crippen molar-refractivity contribution in [3.8, 4) is 10.8 Å². The molecule has 0 aliphatic heterocycles. The summed E-state index contributed by atoms with van der Waals surface area (Å²) in [5.41, 5.74) is 1.82. The van der Waals surface area contributed by atoms with Gasteiger partial charge in [0.05, 0.1) is 12.2 Å². The molecule has 0 bridgehead atoms. The summed E-state index contributed by atoms with van der Waals surface area (Å²) in [6, 6.07) is 14.4. The number of carbonyl (C=O) groups is 1. The molecule has 0 unspecified atom stereocenters. The lowest BCUT2D eigenvalue weighted by Gasteiger charge is -2.21. The lowest BCUT2D eigenvalue weighted by atomic mass is 10.2. The van der Waals surface area contributed by atoms with Crippen LogP contribution in [0.15, 0.2) is 72.5 Å². The zero-order valence-electron chi connectivity index (χ0n) is 14.6. The maximum absolute atomic E-state index is 13.2. The fourth-order valence-electron chi connectivity index (χ4n) is 2.58. The first-order valence-electron chi connectivity index (χ1n) is 8.41. The van der Waals surface area contributed by atoms with Gasteiger partial charge in [0.15, 0.2) is 10.8 Å². The molecule has 0 spiro atoms. The zero-order valence-corrected chi connectivity index (χ0v) is 16.1. The highest BCUT2D eigenvalue weighted by Crippen LogP contribution is 2.25. The number of nitrogens with zero attached hydrogens (tertiary/aromatic N) is 5. The fourth-order valence-corrected chi connectivity index (χ4v) is 3.44. The Morgan fingerprint density at radius 2 is 1.71 bits per heavy atom. The van der Waals surface area contributed by atoms with Gasteiger partial charge in [-0.3, -0.25) is 9.78 Å². The Balaban J connectivity index is 1.67. The summed E-state index contributed by atoms with van der Waals surface area (Å²) in [6.45, 7) is 0.315. The molecule has 4 rings (SSSR count). The first-order valence-corrected chi connectivity index (χ1v) is 9.67. The molecule has 0 radical (unpaired) electrons. The first-order chi connectivity index (χ1) is 13.7. The molecule has 4 aromatic rings. The molecule has 138 valence electrons. The van der Waals surface area contributed by atoms with Crippen molar-refractivity contribution >= 4 is 34.5 Å². The van der Waals surface area contributed by atoms with Crippen LogP contribution in [0.1, 0.15) is 16.2 Å². The lowest BCUT2D eigenvalue weighted by Crippen LogP contribution is -2.31. The average Bonchev–Trinajstić information content (AvgIpc) is 3.24. The van der Waals surface area contributed by atoms with Crippen molar-refractivity contribution < 1.29 is 4.79 Å². The topological polar surface area (TPSA) is 71.9 Å². The van der Waals surface area contributed by atoms with Gasteiger partial charge < -0.3 is 4.90 Å². The number of aromatic nitrogens is 4. The maximum atomic E-state index is 13.2. The van der Waals surface area contributed by atoms with Crippen LogP contribution in [-0.4, -0.2) is 25.8 Å². The molecule has 0 aliphatic rings. The summed E-state index contributed by atoms with van der Waals surface area (Å²) >= 11 is 7.34. The molecule has 0 saturated heterocycles. The van der Waals surface area contributed by atoms with Crippen LogP contribution in [0, 0.1) is 0 Å². The number of thiazole rings is 1. The van der Waals surface area contributed by atoms with Crippen molar-refractivity contribution in [3.63, 3.8) is 0 Å². The molecule has 28 heavy (non-hydrogen) atoms. The van der Waals surface area contributed by atoms with Gasteiger partial charge in [-0.15, -0.1) is 11.3 Å². The molecule has 0 saturated carbocycles. The average molecular weight is 408 g/mol. The molecule has 1 amide bonds. The van der Waals surface area contributed by atoms with E-state index in [4.69, 9.17) is 11.6 Å². The Morgan fingerprint density at radius 3 is 2.43 bits per heavy atom. The highest BCUT2D eigenvalue weighted by Gasteiger charge is 2.22. The van der Waals surface area contributed by atoms with E-state index in [9.17, 15) is 4.79 Å². The fraction of sp³-hybridized carbons (Fsp3) is 0.0500. The summed E-state index contributed by atoms with van der Waals surface area (Å²) in [6.07, 6.45) is 4.99. The molecule has 6 nitrogen and oxygen atoms in total. The van der Waals surface area contributed by atoms with Gasteiger partial charge in [0.1, 0.15) is 5.69 Å². The molecule has 0 aliphatic carbocycles. The Kier molecular flexibility index (Phi) is 5.36. The Labute approximate surface area is 170 Å². The van der Waals surface area contributed by atoms with Crippen molar-refractivity contribution in [3.05, 3.63) is 88.9 Å². The molecular weight excluding hydrogens is 394 g/mol. The number of benzene rings is 1. The van der Waals surface area contributed by atoms with Gasteiger partial charge in [0.2, 0.25) is 0 Å². The summed E-state index contributed by atoms with van der Waals surface area (Å²) in [5, 5.41) is 2.92. The van der Waals surface area contributed by atoms with Crippen LogP contribution in [0.4, 0.5) is 5.69 Å². The zero-order chi connectivity index (χ0) is 19.3. The van der Waals surface area contributed by atoms with Gasteiger partial charge in [-0.25, -0.2) is 15.0 Å². The number of amides is 1. The van der Waals surface area contributed by atoms with Gasteiger partial charge in [-0.1, -0.05) is 17.7 Å². The summed E-state index contributed by atoms with van der Waals surface area (Å²) in [4.78, 5) is 32.0. The largest absolute Gasteiger partial charge is 0.301 e. The minimum absolute atomic E-state index is 0.230. The monoisotopic (exact) mass is 407 g/mol. The second-order valence-corrected chi connectivity index (χ2v) is 7.09. The predicted molar refractivity (Wildman–Crippen MR) is 109 cm³/mol. The maximum Gasteiger partial charge on any atom is 0.278 e. The van der Waals surface area contributed by atoms with E-state index in [-0.39, 0.29) is 5.91 Å². The number of hydrogen-bond acceptors (Lipinski definition) is 6. The Hall–Kier alpha value is -3.16. The van der Waals surface area contributed by atoms with Crippen LogP contribution in [-0.2, 0) is 6.54 Å². The van der Waals surface area contributed by atoms with Crippen LogP contribution in [0.3, 0.4) is 0 Å². The molecular formula is C20H14ClN5OS. The molecule has 0 atom stereocenters. The standard InChI is InChI=1S/C20H14ClN5OS/c21-14-5-7-16(8-6-14)26(12-15-4-1-2-9-22-15)20(27)17-13-28-19(25-17)18-23-10-3-11-24-18/h1-11,13H,12H2. The minimum Gasteiger partial charge on any atom is -0.301 e. The van der Waals surface area contributed by atoms with Crippen molar-refractivity contribution in [2.45, 2.75) is 6.54 Å². The van der Waals surface area contributed by atoms with Crippen molar-refractivity contribution in [1.82, 2.24) is 19.9 Å². The van der Waals surface area contributed by atoms with Crippen LogP contribution in [0.2, 0.25) is 5.02 Å². The molecule has 0 fully saturated rings. The summed E-state index contributed by atoms with van der Waals surface area (Å²) in [7, 11) is 0. The molecule has 3 heterocycles. The van der Waals surface area contributed by atoms with Gasteiger partial charge >= 0.3 is 0 Å². The first kappa shape index (κ1) is 18.2. The third-order valence-corrected chi connectivity index (χ3v) is 5.00. The van der Waals surface area contributed by atoms with Crippen molar-refractivity contribution in [1.29, 1.82) is 0 Å². The van der Waals surface area contributed by atoms with E-state index in [0.717, 1.165) is 5.69 Å². The molecule has 3 aromatic heterocycles. The SMILES string of the molecule is O=C(c1csc(-c2ncccn2)n1)N(Cc1ccccn1)c1ccc(Cl)cc1. The number of hydrogen-bond donors (Lipinski definition) is 0. The predicted octanol–water partition coefficient (Wildman–Crippen LogP) is 4.50. The highest BCUT2D eigenvalue weighted by atomic mass is 35.5. The minimum atomic E-state index is -0.230. The normalized spacial score (nSPS) is 10.6. The van der Waals surface area contributed by atoms with Crippen LogP contribution >= 0.6 is 22.9 Å². The van der Waals surface area contributed by atoms with E-state index in [0.29, 0.717) is 33.8 Å². The Bertz CT molecular complexity index is 1070. The second kappa shape index (κ2) is 8.24. The summed E-state index contributed by atoms with van der Waals surface area (Å²) in [5.74, 6) is 0.265.